The molecule has 1 aromatic carbocycles. The second-order valence-corrected chi connectivity index (χ2v) is 4.69. The summed E-state index contributed by atoms with van der Waals surface area (Å²) in [6.07, 6.45) is -1.17. The predicted molar refractivity (Wildman–Crippen MR) is 72.3 cm³/mol. The molecule has 22 heavy (non-hydrogen) atoms. The smallest absolute Gasteiger partial charge is 0.432 e. The lowest BCUT2D eigenvalue weighted by molar-refractivity contribution is -0.171. The third-order valence-corrected chi connectivity index (χ3v) is 3.05. The number of carboxylic acid groups (broad SMARTS) is 1. The first-order valence-electron chi connectivity index (χ1n) is 6.58. The van der Waals surface area contributed by atoms with Crippen LogP contribution in [0.4, 0.5) is 4.79 Å². The van der Waals surface area contributed by atoms with E-state index in [4.69, 9.17) is 5.11 Å². The fourth-order valence-electron chi connectivity index (χ4n) is 1.96. The van der Waals surface area contributed by atoms with Gasteiger partial charge in [0.05, 0.1) is 0 Å². The van der Waals surface area contributed by atoms with Gasteiger partial charge in [-0.05, 0) is 5.56 Å². The van der Waals surface area contributed by atoms with Crippen molar-refractivity contribution in [2.75, 3.05) is 0 Å². The monoisotopic (exact) mass is 306 g/mol. The number of amides is 3. The highest BCUT2D eigenvalue weighted by atomic mass is 16.7. The maximum Gasteiger partial charge on any atom is 0.432 e. The molecule has 1 aromatic rings. The SMILES string of the molecule is O=C(NC(Cc1ccccc1)C(=O)O)ON1C(=O)CCC1=O. The van der Waals surface area contributed by atoms with Gasteiger partial charge in [-0.1, -0.05) is 30.3 Å². The summed E-state index contributed by atoms with van der Waals surface area (Å²) in [6.45, 7) is 0. The van der Waals surface area contributed by atoms with Crippen molar-refractivity contribution in [2.45, 2.75) is 25.3 Å². The van der Waals surface area contributed by atoms with Crippen LogP contribution in [0.2, 0.25) is 0 Å². The number of hydrogen-bond donors (Lipinski definition) is 2. The summed E-state index contributed by atoms with van der Waals surface area (Å²) in [7, 11) is 0. The first kappa shape index (κ1) is 15.5. The number of carbonyl (C=O) groups excluding carboxylic acids is 3. The minimum Gasteiger partial charge on any atom is -0.480 e. The van der Waals surface area contributed by atoms with E-state index in [1.807, 2.05) is 0 Å². The Bertz CT molecular complexity index is 585. The van der Waals surface area contributed by atoms with Crippen molar-refractivity contribution in [1.29, 1.82) is 0 Å². The summed E-state index contributed by atoms with van der Waals surface area (Å²) in [6, 6.07) is 7.48. The summed E-state index contributed by atoms with van der Waals surface area (Å²) in [5.74, 6) is -2.51. The number of carbonyl (C=O) groups is 4. The zero-order valence-electron chi connectivity index (χ0n) is 11.5. The van der Waals surface area contributed by atoms with Gasteiger partial charge in [0.2, 0.25) is 0 Å². The Labute approximate surface area is 125 Å². The Hall–Kier alpha value is -2.90. The molecule has 1 heterocycles. The van der Waals surface area contributed by atoms with Gasteiger partial charge in [-0.15, -0.1) is 5.06 Å². The van der Waals surface area contributed by atoms with Crippen LogP contribution in [-0.2, 0) is 25.6 Å². The van der Waals surface area contributed by atoms with Crippen LogP contribution in [0.1, 0.15) is 18.4 Å². The maximum absolute atomic E-state index is 11.7. The molecular weight excluding hydrogens is 292 g/mol. The standard InChI is InChI=1S/C14H14N2O6/c17-11-6-7-12(18)16(11)22-14(21)15-10(13(19)20)8-9-4-2-1-3-5-9/h1-5,10H,6-8H2,(H,15,21)(H,19,20). The van der Waals surface area contributed by atoms with E-state index in [0.717, 1.165) is 0 Å². The fraction of sp³-hybridized carbons (Fsp3) is 0.286. The van der Waals surface area contributed by atoms with E-state index in [-0.39, 0.29) is 19.3 Å². The number of imide groups is 1. The van der Waals surface area contributed by atoms with Crippen molar-refractivity contribution in [3.8, 4) is 0 Å². The number of hydroxylamine groups is 2. The molecule has 1 saturated heterocycles. The molecule has 2 N–H and O–H groups in total. The second-order valence-electron chi connectivity index (χ2n) is 4.69. The van der Waals surface area contributed by atoms with Crippen LogP contribution in [0.25, 0.3) is 0 Å². The van der Waals surface area contributed by atoms with Gasteiger partial charge in [-0.3, -0.25) is 9.59 Å². The Balaban J connectivity index is 1.96. The number of nitrogens with one attached hydrogen (secondary N) is 1. The summed E-state index contributed by atoms with van der Waals surface area (Å²) in [5, 5.41) is 11.6. The minimum absolute atomic E-state index is 0.0293. The highest BCUT2D eigenvalue weighted by Gasteiger charge is 2.33. The fourth-order valence-corrected chi connectivity index (χ4v) is 1.96. The van der Waals surface area contributed by atoms with Crippen LogP contribution in [0, 0.1) is 0 Å². The number of hydrogen-bond acceptors (Lipinski definition) is 5. The Kier molecular flexibility index (Phi) is 4.72. The van der Waals surface area contributed by atoms with Gasteiger partial charge >= 0.3 is 12.1 Å². The van der Waals surface area contributed by atoms with E-state index in [0.29, 0.717) is 10.6 Å². The molecule has 0 bridgehead atoms. The lowest BCUT2D eigenvalue weighted by Crippen LogP contribution is -2.45. The summed E-state index contributed by atoms with van der Waals surface area (Å²) in [4.78, 5) is 50.0. The van der Waals surface area contributed by atoms with E-state index in [1.165, 1.54) is 0 Å². The molecule has 116 valence electrons. The second kappa shape index (κ2) is 6.70. The maximum atomic E-state index is 11.7. The molecule has 0 radical (unpaired) electrons. The molecule has 1 fully saturated rings. The quantitative estimate of drug-likeness (QED) is 0.765. The lowest BCUT2D eigenvalue weighted by Gasteiger charge is -2.17. The molecule has 1 unspecified atom stereocenters. The van der Waals surface area contributed by atoms with Crippen molar-refractivity contribution in [3.05, 3.63) is 35.9 Å². The third kappa shape index (κ3) is 3.81. The predicted octanol–water partition coefficient (Wildman–Crippen LogP) is 0.472. The van der Waals surface area contributed by atoms with E-state index in [9.17, 15) is 19.2 Å². The molecule has 2 rings (SSSR count). The van der Waals surface area contributed by atoms with E-state index in [1.54, 1.807) is 30.3 Å². The number of aliphatic carboxylic acids is 1. The largest absolute Gasteiger partial charge is 0.480 e. The van der Waals surface area contributed by atoms with Crippen molar-refractivity contribution in [1.82, 2.24) is 10.4 Å². The van der Waals surface area contributed by atoms with Crippen LogP contribution in [0.3, 0.4) is 0 Å². The average Bonchev–Trinajstić information content (AvgIpc) is 2.79. The third-order valence-electron chi connectivity index (χ3n) is 3.05. The van der Waals surface area contributed by atoms with Crippen molar-refractivity contribution in [2.24, 2.45) is 0 Å². The molecule has 0 aromatic heterocycles. The Morgan fingerprint density at radius 3 is 2.32 bits per heavy atom. The first-order valence-corrected chi connectivity index (χ1v) is 6.58. The zero-order chi connectivity index (χ0) is 16.1. The topological polar surface area (TPSA) is 113 Å². The van der Waals surface area contributed by atoms with E-state index in [2.05, 4.69) is 10.2 Å². The van der Waals surface area contributed by atoms with Gasteiger partial charge < -0.3 is 15.3 Å². The molecule has 1 atom stereocenters. The Morgan fingerprint density at radius 1 is 1.18 bits per heavy atom. The number of benzene rings is 1. The molecular formula is C14H14N2O6. The summed E-state index contributed by atoms with van der Waals surface area (Å²) < 4.78 is 0. The minimum atomic E-state index is -1.25. The molecule has 1 aliphatic rings. The van der Waals surface area contributed by atoms with Crippen LogP contribution < -0.4 is 5.32 Å². The van der Waals surface area contributed by atoms with Crippen molar-refractivity contribution in [3.63, 3.8) is 0 Å². The summed E-state index contributed by atoms with van der Waals surface area (Å²) in [5.41, 5.74) is 0.712. The highest BCUT2D eigenvalue weighted by molar-refractivity contribution is 6.01. The number of rotatable bonds is 5. The van der Waals surface area contributed by atoms with Gasteiger partial charge in [0, 0.05) is 19.3 Å². The molecule has 1 aliphatic heterocycles. The summed E-state index contributed by atoms with van der Waals surface area (Å²) >= 11 is 0. The van der Waals surface area contributed by atoms with E-state index >= 15 is 0 Å². The molecule has 8 heteroatoms. The van der Waals surface area contributed by atoms with Crippen molar-refractivity contribution < 1.29 is 29.1 Å². The molecule has 8 nitrogen and oxygen atoms in total. The van der Waals surface area contributed by atoms with Gasteiger partial charge in [-0.2, -0.15) is 0 Å². The van der Waals surface area contributed by atoms with Gasteiger partial charge in [-0.25, -0.2) is 9.59 Å². The number of nitrogens with zero attached hydrogens (tertiary/aromatic N) is 1. The Morgan fingerprint density at radius 2 is 1.77 bits per heavy atom. The van der Waals surface area contributed by atoms with Crippen LogP contribution in [-0.4, -0.2) is 40.1 Å². The number of carboxylic acids is 1. The molecule has 3 amide bonds. The van der Waals surface area contributed by atoms with Crippen molar-refractivity contribution >= 4 is 23.9 Å². The zero-order valence-corrected chi connectivity index (χ0v) is 11.5. The van der Waals surface area contributed by atoms with E-state index < -0.39 is 29.9 Å². The van der Waals surface area contributed by atoms with Crippen LogP contribution in [0.5, 0.6) is 0 Å². The lowest BCUT2D eigenvalue weighted by atomic mass is 10.1. The van der Waals surface area contributed by atoms with Crippen LogP contribution in [0.15, 0.2) is 30.3 Å². The first-order chi connectivity index (χ1) is 10.5. The van der Waals surface area contributed by atoms with Gasteiger partial charge in [0.25, 0.3) is 11.8 Å². The van der Waals surface area contributed by atoms with Crippen LogP contribution >= 0.6 is 0 Å². The highest BCUT2D eigenvalue weighted by Crippen LogP contribution is 2.12. The average molecular weight is 306 g/mol. The normalized spacial score (nSPS) is 15.5. The van der Waals surface area contributed by atoms with Gasteiger partial charge in [0.1, 0.15) is 6.04 Å². The molecule has 0 aliphatic carbocycles. The molecule has 0 saturated carbocycles. The molecule has 0 spiro atoms. The van der Waals surface area contributed by atoms with Gasteiger partial charge in [0.15, 0.2) is 0 Å².